The first kappa shape index (κ1) is 14.8. The van der Waals surface area contributed by atoms with Gasteiger partial charge in [-0.25, -0.2) is 4.79 Å². The lowest BCUT2D eigenvalue weighted by atomic mass is 9.95. The van der Waals surface area contributed by atoms with Gasteiger partial charge < -0.3 is 10.2 Å². The van der Waals surface area contributed by atoms with Gasteiger partial charge in [0.05, 0.1) is 16.9 Å². The molecule has 0 bridgehead atoms. The Bertz CT molecular complexity index is 671. The summed E-state index contributed by atoms with van der Waals surface area (Å²) in [7, 11) is 1.94. The standard InChI is InChI=1S/C15H18ClN5O/c1-20-14(4-5-18-20)11-3-2-6-21(10-11)15(22)19-13-7-12(16)8-17-9-13/h4-5,7-9,11H,2-3,6,10H2,1H3,(H,19,22). The minimum Gasteiger partial charge on any atom is -0.324 e. The van der Waals surface area contributed by atoms with Gasteiger partial charge in [0.2, 0.25) is 0 Å². The third-order valence-electron chi connectivity index (χ3n) is 3.94. The van der Waals surface area contributed by atoms with Gasteiger partial charge in [-0.1, -0.05) is 11.6 Å². The van der Waals surface area contributed by atoms with Gasteiger partial charge in [-0.3, -0.25) is 9.67 Å². The molecule has 0 aromatic carbocycles. The van der Waals surface area contributed by atoms with Crippen LogP contribution in [0.4, 0.5) is 10.5 Å². The number of aryl methyl sites for hydroxylation is 1. The van der Waals surface area contributed by atoms with E-state index >= 15 is 0 Å². The predicted octanol–water partition coefficient (Wildman–Crippen LogP) is 2.88. The number of hydrogen-bond donors (Lipinski definition) is 1. The SMILES string of the molecule is Cn1nccc1C1CCCN(C(=O)Nc2cncc(Cl)c2)C1. The average molecular weight is 320 g/mol. The van der Waals surface area contributed by atoms with E-state index in [0.717, 1.165) is 19.4 Å². The molecular weight excluding hydrogens is 302 g/mol. The lowest BCUT2D eigenvalue weighted by Gasteiger charge is -2.32. The van der Waals surface area contributed by atoms with Crippen LogP contribution in [0.2, 0.25) is 5.02 Å². The van der Waals surface area contributed by atoms with Crippen LogP contribution < -0.4 is 5.32 Å². The summed E-state index contributed by atoms with van der Waals surface area (Å²) >= 11 is 5.89. The van der Waals surface area contributed by atoms with E-state index in [4.69, 9.17) is 11.6 Å². The first-order valence-electron chi connectivity index (χ1n) is 7.28. The molecule has 1 aliphatic heterocycles. The van der Waals surface area contributed by atoms with Gasteiger partial charge >= 0.3 is 6.03 Å². The molecule has 1 aliphatic rings. The molecule has 1 atom stereocenters. The van der Waals surface area contributed by atoms with Crippen LogP contribution in [-0.2, 0) is 7.05 Å². The molecule has 0 aliphatic carbocycles. The maximum atomic E-state index is 12.4. The Balaban J connectivity index is 1.67. The van der Waals surface area contributed by atoms with Crippen molar-refractivity contribution in [2.45, 2.75) is 18.8 Å². The largest absolute Gasteiger partial charge is 0.324 e. The highest BCUT2D eigenvalue weighted by Gasteiger charge is 2.26. The number of nitrogens with one attached hydrogen (secondary N) is 1. The number of piperidine rings is 1. The number of urea groups is 1. The highest BCUT2D eigenvalue weighted by atomic mass is 35.5. The van der Waals surface area contributed by atoms with E-state index < -0.39 is 0 Å². The molecule has 0 radical (unpaired) electrons. The molecule has 116 valence electrons. The molecule has 0 spiro atoms. The van der Waals surface area contributed by atoms with E-state index in [2.05, 4.69) is 15.4 Å². The Morgan fingerprint density at radius 3 is 3.05 bits per heavy atom. The monoisotopic (exact) mass is 319 g/mol. The van der Waals surface area contributed by atoms with E-state index in [0.29, 0.717) is 23.2 Å². The first-order valence-corrected chi connectivity index (χ1v) is 7.65. The number of amides is 2. The van der Waals surface area contributed by atoms with E-state index in [9.17, 15) is 4.79 Å². The molecule has 3 rings (SSSR count). The number of halogens is 1. The van der Waals surface area contributed by atoms with Crippen molar-refractivity contribution in [1.82, 2.24) is 19.7 Å². The third-order valence-corrected chi connectivity index (χ3v) is 4.15. The van der Waals surface area contributed by atoms with Gasteiger partial charge in [0.15, 0.2) is 0 Å². The number of anilines is 1. The highest BCUT2D eigenvalue weighted by molar-refractivity contribution is 6.30. The van der Waals surface area contributed by atoms with Gasteiger partial charge in [0, 0.05) is 44.1 Å². The zero-order valence-corrected chi connectivity index (χ0v) is 13.1. The van der Waals surface area contributed by atoms with Crippen molar-refractivity contribution in [3.63, 3.8) is 0 Å². The molecule has 1 unspecified atom stereocenters. The van der Waals surface area contributed by atoms with Crippen LogP contribution in [0, 0.1) is 0 Å². The van der Waals surface area contributed by atoms with Crippen molar-refractivity contribution in [3.05, 3.63) is 41.4 Å². The molecule has 2 aromatic heterocycles. The normalized spacial score (nSPS) is 18.3. The highest BCUT2D eigenvalue weighted by Crippen LogP contribution is 2.26. The average Bonchev–Trinajstić information content (AvgIpc) is 2.93. The second-order valence-electron chi connectivity index (χ2n) is 5.49. The van der Waals surface area contributed by atoms with Crippen molar-refractivity contribution >= 4 is 23.3 Å². The van der Waals surface area contributed by atoms with Crippen molar-refractivity contribution < 1.29 is 4.79 Å². The van der Waals surface area contributed by atoms with Crippen LogP contribution >= 0.6 is 11.6 Å². The van der Waals surface area contributed by atoms with Crippen molar-refractivity contribution in [2.75, 3.05) is 18.4 Å². The number of carbonyl (C=O) groups is 1. The van der Waals surface area contributed by atoms with Crippen LogP contribution in [0.3, 0.4) is 0 Å². The summed E-state index contributed by atoms with van der Waals surface area (Å²) < 4.78 is 1.88. The number of likely N-dealkylation sites (tertiary alicyclic amines) is 1. The molecule has 2 amide bonds. The van der Waals surface area contributed by atoms with Crippen LogP contribution in [0.1, 0.15) is 24.5 Å². The quantitative estimate of drug-likeness (QED) is 0.925. The number of pyridine rings is 1. The zero-order valence-electron chi connectivity index (χ0n) is 12.4. The first-order chi connectivity index (χ1) is 10.6. The molecule has 2 aromatic rings. The van der Waals surface area contributed by atoms with Crippen LogP contribution in [-0.4, -0.2) is 38.8 Å². The lowest BCUT2D eigenvalue weighted by Crippen LogP contribution is -2.42. The summed E-state index contributed by atoms with van der Waals surface area (Å²) in [6.07, 6.45) is 6.98. The second-order valence-corrected chi connectivity index (χ2v) is 5.92. The Labute approximate surface area is 134 Å². The smallest absolute Gasteiger partial charge is 0.321 e. The Morgan fingerprint density at radius 1 is 1.45 bits per heavy atom. The summed E-state index contributed by atoms with van der Waals surface area (Å²) in [5, 5.41) is 7.57. The second kappa shape index (κ2) is 6.36. The van der Waals surface area contributed by atoms with E-state index in [1.807, 2.05) is 22.7 Å². The fourth-order valence-electron chi connectivity index (χ4n) is 2.87. The van der Waals surface area contributed by atoms with Crippen LogP contribution in [0.15, 0.2) is 30.7 Å². The molecule has 1 saturated heterocycles. The third kappa shape index (κ3) is 3.22. The molecule has 1 N–H and O–H groups in total. The van der Waals surface area contributed by atoms with E-state index in [1.54, 1.807) is 18.5 Å². The Hall–Kier alpha value is -2.08. The fraction of sp³-hybridized carbons (Fsp3) is 0.400. The molecule has 7 heteroatoms. The maximum absolute atomic E-state index is 12.4. The van der Waals surface area contributed by atoms with Crippen molar-refractivity contribution in [1.29, 1.82) is 0 Å². The van der Waals surface area contributed by atoms with Gasteiger partial charge in [-0.15, -0.1) is 0 Å². The van der Waals surface area contributed by atoms with Crippen LogP contribution in [0.5, 0.6) is 0 Å². The Morgan fingerprint density at radius 2 is 2.32 bits per heavy atom. The van der Waals surface area contributed by atoms with Gasteiger partial charge in [0.1, 0.15) is 0 Å². The number of rotatable bonds is 2. The molecular formula is C15H18ClN5O. The minimum atomic E-state index is -0.115. The predicted molar refractivity (Wildman–Crippen MR) is 85.0 cm³/mol. The summed E-state index contributed by atoms with van der Waals surface area (Å²) in [5.41, 5.74) is 1.78. The number of hydrogen-bond acceptors (Lipinski definition) is 3. The number of nitrogens with zero attached hydrogens (tertiary/aromatic N) is 4. The zero-order chi connectivity index (χ0) is 15.5. The summed E-state index contributed by atoms with van der Waals surface area (Å²) in [6, 6.07) is 3.60. The van der Waals surface area contributed by atoms with E-state index in [1.165, 1.54) is 11.9 Å². The summed E-state index contributed by atoms with van der Waals surface area (Å²) in [5.74, 6) is 0.324. The number of carbonyl (C=O) groups excluding carboxylic acids is 1. The van der Waals surface area contributed by atoms with Gasteiger partial charge in [0.25, 0.3) is 0 Å². The van der Waals surface area contributed by atoms with Crippen LogP contribution in [0.25, 0.3) is 0 Å². The Kier molecular flexibility index (Phi) is 4.29. The number of aromatic nitrogens is 3. The molecule has 6 nitrogen and oxygen atoms in total. The summed E-state index contributed by atoms with van der Waals surface area (Å²) in [6.45, 7) is 1.45. The van der Waals surface area contributed by atoms with Gasteiger partial charge in [-0.2, -0.15) is 5.10 Å². The minimum absolute atomic E-state index is 0.115. The molecule has 22 heavy (non-hydrogen) atoms. The van der Waals surface area contributed by atoms with E-state index in [-0.39, 0.29) is 6.03 Å². The van der Waals surface area contributed by atoms with Gasteiger partial charge in [-0.05, 0) is 25.0 Å². The molecule has 3 heterocycles. The maximum Gasteiger partial charge on any atom is 0.321 e. The molecule has 0 saturated carbocycles. The molecule has 1 fully saturated rings. The fourth-order valence-corrected chi connectivity index (χ4v) is 3.04. The van der Waals surface area contributed by atoms with Crippen molar-refractivity contribution in [3.8, 4) is 0 Å². The lowest BCUT2D eigenvalue weighted by molar-refractivity contribution is 0.191. The topological polar surface area (TPSA) is 63.1 Å². The summed E-state index contributed by atoms with van der Waals surface area (Å²) in [4.78, 5) is 18.2. The van der Waals surface area contributed by atoms with Crippen molar-refractivity contribution in [2.24, 2.45) is 7.05 Å².